The smallest absolute Gasteiger partial charge is 0.261 e. The van der Waals surface area contributed by atoms with Crippen LogP contribution in [0, 0.1) is 0 Å². The minimum absolute atomic E-state index is 0.0392. The topological polar surface area (TPSA) is 101 Å². The number of primary amides is 1. The number of aromatic hydroxyl groups is 1. The monoisotopic (exact) mass is 234 g/mol. The van der Waals surface area contributed by atoms with Gasteiger partial charge in [-0.2, -0.15) is 0 Å². The van der Waals surface area contributed by atoms with Crippen molar-refractivity contribution < 1.29 is 19.5 Å². The number of fused-ring (bicyclic) bond motifs is 1. The largest absolute Gasteiger partial charge is 0.508 e. The molecule has 0 atom stereocenters. The number of amides is 3. The summed E-state index contributed by atoms with van der Waals surface area (Å²) in [7, 11) is 0. The number of phenols is 1. The zero-order chi connectivity index (χ0) is 12.6. The first-order valence-corrected chi connectivity index (χ1v) is 4.98. The van der Waals surface area contributed by atoms with Gasteiger partial charge in [0.25, 0.3) is 11.8 Å². The summed E-state index contributed by atoms with van der Waals surface area (Å²) in [4.78, 5) is 35.2. The number of carbonyl (C=O) groups is 3. The van der Waals surface area contributed by atoms with Crippen LogP contribution < -0.4 is 5.73 Å². The normalized spacial score (nSPS) is 14.0. The highest BCUT2D eigenvalue weighted by molar-refractivity contribution is 6.21. The quantitative estimate of drug-likeness (QED) is 0.711. The van der Waals surface area contributed by atoms with Crippen LogP contribution >= 0.6 is 0 Å². The Balaban J connectivity index is 2.29. The molecular formula is C11H10N2O4. The Morgan fingerprint density at radius 2 is 1.88 bits per heavy atom. The fraction of sp³-hybridized carbons (Fsp3) is 0.182. The second-order valence-corrected chi connectivity index (χ2v) is 3.71. The third kappa shape index (κ3) is 1.84. The van der Waals surface area contributed by atoms with Crippen molar-refractivity contribution in [3.63, 3.8) is 0 Å². The average molecular weight is 234 g/mol. The molecule has 3 amide bonds. The van der Waals surface area contributed by atoms with Gasteiger partial charge in [-0.15, -0.1) is 0 Å². The molecule has 0 radical (unpaired) electrons. The van der Waals surface area contributed by atoms with Gasteiger partial charge < -0.3 is 10.8 Å². The summed E-state index contributed by atoms with van der Waals surface area (Å²) in [5.41, 5.74) is 5.35. The Kier molecular flexibility index (Phi) is 2.55. The maximum Gasteiger partial charge on any atom is 0.261 e. The number of rotatable bonds is 3. The van der Waals surface area contributed by atoms with Gasteiger partial charge in [-0.3, -0.25) is 19.3 Å². The first-order chi connectivity index (χ1) is 8.00. The number of nitrogens with two attached hydrogens (primary N) is 1. The second-order valence-electron chi connectivity index (χ2n) is 3.71. The molecule has 0 bridgehead atoms. The van der Waals surface area contributed by atoms with Crippen LogP contribution in [0.5, 0.6) is 5.75 Å². The van der Waals surface area contributed by atoms with Crippen molar-refractivity contribution in [1.82, 2.24) is 4.90 Å². The van der Waals surface area contributed by atoms with Crippen molar-refractivity contribution in [2.45, 2.75) is 6.42 Å². The van der Waals surface area contributed by atoms with Gasteiger partial charge in [0.1, 0.15) is 5.75 Å². The van der Waals surface area contributed by atoms with E-state index in [1.807, 2.05) is 0 Å². The number of nitrogens with zero attached hydrogens (tertiary/aromatic N) is 1. The van der Waals surface area contributed by atoms with E-state index in [2.05, 4.69) is 0 Å². The molecule has 0 fully saturated rings. The summed E-state index contributed by atoms with van der Waals surface area (Å²) < 4.78 is 0. The van der Waals surface area contributed by atoms with Gasteiger partial charge in [0, 0.05) is 13.0 Å². The molecule has 17 heavy (non-hydrogen) atoms. The highest BCUT2D eigenvalue weighted by Gasteiger charge is 2.35. The van der Waals surface area contributed by atoms with Crippen molar-refractivity contribution in [1.29, 1.82) is 0 Å². The minimum atomic E-state index is -0.579. The zero-order valence-electron chi connectivity index (χ0n) is 8.84. The van der Waals surface area contributed by atoms with Crippen molar-refractivity contribution in [3.8, 4) is 5.75 Å². The molecule has 0 unspecified atom stereocenters. The number of phenolic OH excluding ortho intramolecular Hbond substituents is 1. The molecule has 1 aliphatic rings. The van der Waals surface area contributed by atoms with Gasteiger partial charge in [0.05, 0.1) is 11.1 Å². The molecule has 0 aromatic heterocycles. The molecule has 0 aliphatic carbocycles. The van der Waals surface area contributed by atoms with Gasteiger partial charge >= 0.3 is 0 Å². The van der Waals surface area contributed by atoms with Crippen molar-refractivity contribution >= 4 is 17.7 Å². The molecule has 1 aliphatic heterocycles. The predicted molar refractivity (Wildman–Crippen MR) is 57.3 cm³/mol. The molecule has 1 aromatic rings. The standard InChI is InChI=1S/C11H10N2O4/c12-9(15)3-4-13-10(16)7-2-1-6(14)5-8(7)11(13)17/h1-2,5,14H,3-4H2,(H2,12,15). The lowest BCUT2D eigenvalue weighted by Crippen LogP contribution is -2.33. The lowest BCUT2D eigenvalue weighted by atomic mass is 10.1. The zero-order valence-corrected chi connectivity index (χ0v) is 8.84. The van der Waals surface area contributed by atoms with Crippen LogP contribution in [-0.2, 0) is 4.79 Å². The van der Waals surface area contributed by atoms with Gasteiger partial charge in [-0.1, -0.05) is 0 Å². The first kappa shape index (κ1) is 11.1. The van der Waals surface area contributed by atoms with E-state index in [9.17, 15) is 19.5 Å². The van der Waals surface area contributed by atoms with Crippen molar-refractivity contribution in [2.24, 2.45) is 5.73 Å². The van der Waals surface area contributed by atoms with E-state index >= 15 is 0 Å². The van der Waals surface area contributed by atoms with E-state index < -0.39 is 17.7 Å². The summed E-state index contributed by atoms with van der Waals surface area (Å²) in [6, 6.07) is 3.95. The molecule has 6 nitrogen and oxygen atoms in total. The summed E-state index contributed by atoms with van der Waals surface area (Å²) >= 11 is 0. The van der Waals surface area contributed by atoms with Crippen LogP contribution in [0.15, 0.2) is 18.2 Å². The minimum Gasteiger partial charge on any atom is -0.508 e. The van der Waals surface area contributed by atoms with E-state index in [1.165, 1.54) is 18.2 Å². The van der Waals surface area contributed by atoms with Crippen LogP contribution in [-0.4, -0.2) is 34.3 Å². The Morgan fingerprint density at radius 3 is 2.53 bits per heavy atom. The molecular weight excluding hydrogens is 224 g/mol. The fourth-order valence-corrected chi connectivity index (χ4v) is 1.70. The molecule has 1 heterocycles. The van der Waals surface area contributed by atoms with Crippen LogP contribution in [0.1, 0.15) is 27.1 Å². The maximum atomic E-state index is 11.8. The molecule has 1 aromatic carbocycles. The van der Waals surface area contributed by atoms with Crippen LogP contribution in [0.25, 0.3) is 0 Å². The summed E-state index contributed by atoms with van der Waals surface area (Å²) in [5, 5.41) is 9.25. The number of carbonyl (C=O) groups excluding carboxylic acids is 3. The average Bonchev–Trinajstić information content (AvgIpc) is 2.49. The maximum absolute atomic E-state index is 11.8. The van der Waals surface area contributed by atoms with Gasteiger partial charge in [-0.05, 0) is 18.2 Å². The lowest BCUT2D eigenvalue weighted by Gasteiger charge is -2.11. The Bertz CT molecular complexity index is 524. The van der Waals surface area contributed by atoms with Crippen LogP contribution in [0.2, 0.25) is 0 Å². The molecule has 2 rings (SSSR count). The van der Waals surface area contributed by atoms with E-state index in [1.54, 1.807) is 0 Å². The van der Waals surface area contributed by atoms with E-state index in [4.69, 9.17) is 5.73 Å². The van der Waals surface area contributed by atoms with Gasteiger partial charge in [-0.25, -0.2) is 0 Å². The van der Waals surface area contributed by atoms with E-state index in [0.29, 0.717) is 0 Å². The third-order valence-corrected chi connectivity index (χ3v) is 2.54. The van der Waals surface area contributed by atoms with E-state index in [-0.39, 0.29) is 29.8 Å². The predicted octanol–water partition coefficient (Wildman–Crippen LogP) is -0.136. The Hall–Kier alpha value is -2.37. The van der Waals surface area contributed by atoms with Crippen molar-refractivity contribution in [2.75, 3.05) is 6.54 Å². The Labute approximate surface area is 96.6 Å². The number of benzene rings is 1. The highest BCUT2D eigenvalue weighted by atomic mass is 16.3. The molecule has 88 valence electrons. The number of hydrogen-bond acceptors (Lipinski definition) is 4. The Morgan fingerprint density at radius 1 is 1.24 bits per heavy atom. The molecule has 3 N–H and O–H groups in total. The second kappa shape index (κ2) is 3.89. The lowest BCUT2D eigenvalue weighted by molar-refractivity contribution is -0.118. The molecule has 0 saturated heterocycles. The van der Waals surface area contributed by atoms with E-state index in [0.717, 1.165) is 4.90 Å². The number of hydrogen-bond donors (Lipinski definition) is 2. The summed E-state index contributed by atoms with van der Waals surface area (Å²) in [6.45, 7) is -0.0392. The van der Waals surface area contributed by atoms with Gasteiger partial charge in [0.2, 0.25) is 5.91 Å². The SMILES string of the molecule is NC(=O)CCN1C(=O)c2ccc(O)cc2C1=O. The highest BCUT2D eigenvalue weighted by Crippen LogP contribution is 2.26. The van der Waals surface area contributed by atoms with Gasteiger partial charge in [0.15, 0.2) is 0 Å². The van der Waals surface area contributed by atoms with Crippen LogP contribution in [0.4, 0.5) is 0 Å². The summed E-state index contributed by atoms with van der Waals surface area (Å²) in [6.07, 6.45) is -0.0720. The summed E-state index contributed by atoms with van der Waals surface area (Å²) in [5.74, 6) is -1.64. The third-order valence-electron chi connectivity index (χ3n) is 2.54. The van der Waals surface area contributed by atoms with Crippen LogP contribution in [0.3, 0.4) is 0 Å². The molecule has 0 spiro atoms. The molecule has 0 saturated carbocycles. The molecule has 6 heteroatoms. The van der Waals surface area contributed by atoms with Crippen molar-refractivity contribution in [3.05, 3.63) is 29.3 Å². The fourth-order valence-electron chi connectivity index (χ4n) is 1.70. The first-order valence-electron chi connectivity index (χ1n) is 4.98. The number of imide groups is 1.